The lowest BCUT2D eigenvalue weighted by Crippen LogP contribution is -2.46. The number of fused-ring (bicyclic) bond motifs is 1. The lowest BCUT2D eigenvalue weighted by Gasteiger charge is -2.28. The second-order valence-electron chi connectivity index (χ2n) is 5.82. The number of rotatable bonds is 4. The summed E-state index contributed by atoms with van der Waals surface area (Å²) in [5.41, 5.74) is 2.06. The van der Waals surface area contributed by atoms with E-state index >= 15 is 0 Å². The normalized spacial score (nSPS) is 20.4. The van der Waals surface area contributed by atoms with Crippen LogP contribution in [-0.2, 0) is 11.3 Å². The van der Waals surface area contributed by atoms with Crippen molar-refractivity contribution in [1.29, 1.82) is 0 Å². The summed E-state index contributed by atoms with van der Waals surface area (Å²) in [6.07, 6.45) is 4.34. The highest BCUT2D eigenvalue weighted by molar-refractivity contribution is 5.85. The molecule has 1 amide bonds. The standard InChI is InChI=1S/C16H22N4O.2ClH/c1-12-10-13(6-8-17-12)19-16(21)7-9-20-11-18-14-4-2-3-5-15(14)20;;/h2-5,11-13,17H,6-10H2,1H3,(H,19,21);2*1H. The zero-order valence-corrected chi connectivity index (χ0v) is 14.8. The first-order valence-corrected chi connectivity index (χ1v) is 7.65. The first-order chi connectivity index (χ1) is 10.2. The molecule has 1 aliphatic rings. The molecular formula is C16H24Cl2N4O. The van der Waals surface area contributed by atoms with Crippen LogP contribution in [0.3, 0.4) is 0 Å². The first kappa shape index (κ1) is 19.7. The second-order valence-corrected chi connectivity index (χ2v) is 5.82. The van der Waals surface area contributed by atoms with Crippen LogP contribution < -0.4 is 10.6 Å². The summed E-state index contributed by atoms with van der Waals surface area (Å²) in [5.74, 6) is 0.131. The van der Waals surface area contributed by atoms with Gasteiger partial charge in [0.05, 0.1) is 17.4 Å². The van der Waals surface area contributed by atoms with Crippen LogP contribution >= 0.6 is 24.8 Å². The van der Waals surface area contributed by atoms with Crippen molar-refractivity contribution < 1.29 is 4.79 Å². The number of nitrogens with zero attached hydrogens (tertiary/aromatic N) is 2. The summed E-state index contributed by atoms with van der Waals surface area (Å²) >= 11 is 0. The van der Waals surface area contributed by atoms with Crippen molar-refractivity contribution in [3.8, 4) is 0 Å². The number of imidazole rings is 1. The molecule has 128 valence electrons. The Labute approximate surface area is 149 Å². The smallest absolute Gasteiger partial charge is 0.222 e. The molecule has 1 saturated heterocycles. The van der Waals surface area contributed by atoms with Crippen molar-refractivity contribution in [3.05, 3.63) is 30.6 Å². The molecule has 1 aromatic carbocycles. The number of amides is 1. The van der Waals surface area contributed by atoms with Crippen LogP contribution in [0.2, 0.25) is 0 Å². The monoisotopic (exact) mass is 358 g/mol. The minimum Gasteiger partial charge on any atom is -0.353 e. The number of halogens is 2. The maximum atomic E-state index is 12.1. The minimum atomic E-state index is 0. The van der Waals surface area contributed by atoms with Gasteiger partial charge < -0.3 is 15.2 Å². The van der Waals surface area contributed by atoms with E-state index in [1.807, 2.05) is 35.2 Å². The number of aromatic nitrogens is 2. The van der Waals surface area contributed by atoms with Crippen molar-refractivity contribution in [2.45, 2.75) is 44.8 Å². The molecule has 2 N–H and O–H groups in total. The van der Waals surface area contributed by atoms with E-state index in [0.29, 0.717) is 25.0 Å². The van der Waals surface area contributed by atoms with Gasteiger partial charge in [-0.3, -0.25) is 4.79 Å². The number of carbonyl (C=O) groups is 1. The van der Waals surface area contributed by atoms with E-state index in [9.17, 15) is 4.79 Å². The van der Waals surface area contributed by atoms with E-state index in [4.69, 9.17) is 0 Å². The number of benzene rings is 1. The number of piperidine rings is 1. The fourth-order valence-electron chi connectivity index (χ4n) is 2.97. The molecule has 0 spiro atoms. The largest absolute Gasteiger partial charge is 0.353 e. The Hall–Kier alpha value is -1.30. The summed E-state index contributed by atoms with van der Waals surface area (Å²) in [6.45, 7) is 3.82. The molecule has 2 aromatic rings. The molecule has 1 aliphatic heterocycles. The van der Waals surface area contributed by atoms with Gasteiger partial charge in [0.25, 0.3) is 0 Å². The Morgan fingerprint density at radius 2 is 2.17 bits per heavy atom. The van der Waals surface area contributed by atoms with Crippen molar-refractivity contribution in [3.63, 3.8) is 0 Å². The highest BCUT2D eigenvalue weighted by Gasteiger charge is 2.19. The average molecular weight is 359 g/mol. The predicted molar refractivity (Wildman–Crippen MR) is 97.5 cm³/mol. The topological polar surface area (TPSA) is 59.0 Å². The number of hydrogen-bond donors (Lipinski definition) is 2. The fourth-order valence-corrected chi connectivity index (χ4v) is 2.97. The third kappa shape index (κ3) is 5.09. The Kier molecular flexibility index (Phi) is 7.82. The Balaban J connectivity index is 0.00000132. The van der Waals surface area contributed by atoms with Gasteiger partial charge in [0, 0.05) is 25.0 Å². The van der Waals surface area contributed by atoms with E-state index in [1.165, 1.54) is 0 Å². The van der Waals surface area contributed by atoms with Crippen LogP contribution in [0.1, 0.15) is 26.2 Å². The average Bonchev–Trinajstić information content (AvgIpc) is 2.88. The summed E-state index contributed by atoms with van der Waals surface area (Å²) in [4.78, 5) is 16.4. The SMILES string of the molecule is CC1CC(NC(=O)CCn2cnc3ccccc32)CCN1.Cl.Cl. The Morgan fingerprint density at radius 3 is 2.96 bits per heavy atom. The van der Waals surface area contributed by atoms with Gasteiger partial charge in [0.15, 0.2) is 0 Å². The van der Waals surface area contributed by atoms with E-state index in [0.717, 1.165) is 30.4 Å². The van der Waals surface area contributed by atoms with Crippen LogP contribution in [-0.4, -0.2) is 34.1 Å². The molecule has 3 rings (SSSR count). The molecule has 1 fully saturated rings. The molecule has 0 saturated carbocycles. The lowest BCUT2D eigenvalue weighted by atomic mass is 10.0. The molecule has 0 aliphatic carbocycles. The van der Waals surface area contributed by atoms with Gasteiger partial charge in [0.2, 0.25) is 5.91 Å². The van der Waals surface area contributed by atoms with Crippen molar-refractivity contribution in [1.82, 2.24) is 20.2 Å². The summed E-state index contributed by atoms with van der Waals surface area (Å²) in [7, 11) is 0. The zero-order chi connectivity index (χ0) is 14.7. The maximum Gasteiger partial charge on any atom is 0.222 e. The van der Waals surface area contributed by atoms with Crippen molar-refractivity contribution in [2.24, 2.45) is 0 Å². The summed E-state index contributed by atoms with van der Waals surface area (Å²) < 4.78 is 2.04. The molecule has 0 bridgehead atoms. The molecule has 1 aromatic heterocycles. The molecule has 23 heavy (non-hydrogen) atoms. The molecule has 2 heterocycles. The van der Waals surface area contributed by atoms with Crippen molar-refractivity contribution in [2.75, 3.05) is 6.54 Å². The van der Waals surface area contributed by atoms with Gasteiger partial charge in [-0.05, 0) is 38.4 Å². The number of aryl methyl sites for hydroxylation is 1. The van der Waals surface area contributed by atoms with E-state index in [1.54, 1.807) is 0 Å². The lowest BCUT2D eigenvalue weighted by molar-refractivity contribution is -0.122. The maximum absolute atomic E-state index is 12.1. The summed E-state index contributed by atoms with van der Waals surface area (Å²) in [5, 5.41) is 6.54. The Bertz CT molecular complexity index is 631. The number of nitrogens with one attached hydrogen (secondary N) is 2. The Morgan fingerprint density at radius 1 is 1.39 bits per heavy atom. The number of carbonyl (C=O) groups excluding carboxylic acids is 1. The number of hydrogen-bond acceptors (Lipinski definition) is 3. The fraction of sp³-hybridized carbons (Fsp3) is 0.500. The molecule has 2 atom stereocenters. The minimum absolute atomic E-state index is 0. The highest BCUT2D eigenvalue weighted by Crippen LogP contribution is 2.12. The van der Waals surface area contributed by atoms with Crippen LogP contribution in [0.15, 0.2) is 30.6 Å². The number of para-hydroxylation sites is 2. The first-order valence-electron chi connectivity index (χ1n) is 7.65. The third-order valence-electron chi connectivity index (χ3n) is 4.10. The second kappa shape index (κ2) is 9.11. The van der Waals surface area contributed by atoms with Crippen LogP contribution in [0.4, 0.5) is 0 Å². The summed E-state index contributed by atoms with van der Waals surface area (Å²) in [6, 6.07) is 8.80. The van der Waals surface area contributed by atoms with Gasteiger partial charge in [0.1, 0.15) is 0 Å². The zero-order valence-electron chi connectivity index (χ0n) is 13.2. The van der Waals surface area contributed by atoms with E-state index in [2.05, 4.69) is 22.5 Å². The molecule has 0 radical (unpaired) electrons. The van der Waals surface area contributed by atoms with Crippen LogP contribution in [0.25, 0.3) is 11.0 Å². The molecule has 2 unspecified atom stereocenters. The molecule has 5 nitrogen and oxygen atoms in total. The van der Waals surface area contributed by atoms with Gasteiger partial charge in [-0.25, -0.2) is 4.98 Å². The van der Waals surface area contributed by atoms with E-state index in [-0.39, 0.29) is 30.7 Å². The van der Waals surface area contributed by atoms with Gasteiger partial charge in [-0.2, -0.15) is 0 Å². The quantitative estimate of drug-likeness (QED) is 0.882. The molecule has 7 heteroatoms. The highest BCUT2D eigenvalue weighted by atomic mass is 35.5. The van der Waals surface area contributed by atoms with E-state index < -0.39 is 0 Å². The van der Waals surface area contributed by atoms with Gasteiger partial charge in [-0.1, -0.05) is 12.1 Å². The van der Waals surface area contributed by atoms with Gasteiger partial charge >= 0.3 is 0 Å². The van der Waals surface area contributed by atoms with Crippen molar-refractivity contribution >= 4 is 41.8 Å². The predicted octanol–water partition coefficient (Wildman–Crippen LogP) is 2.53. The third-order valence-corrected chi connectivity index (χ3v) is 4.10. The van der Waals surface area contributed by atoms with Crippen LogP contribution in [0.5, 0.6) is 0 Å². The van der Waals surface area contributed by atoms with Gasteiger partial charge in [-0.15, -0.1) is 24.8 Å². The van der Waals surface area contributed by atoms with Crippen LogP contribution in [0, 0.1) is 0 Å². The molecular weight excluding hydrogens is 335 g/mol.